The van der Waals surface area contributed by atoms with Gasteiger partial charge in [0, 0.05) is 34.8 Å². The molecule has 1 aliphatic rings. The van der Waals surface area contributed by atoms with Crippen molar-refractivity contribution in [3.8, 4) is 6.07 Å². The van der Waals surface area contributed by atoms with Crippen LogP contribution in [0.5, 0.6) is 0 Å². The van der Waals surface area contributed by atoms with E-state index in [1.54, 1.807) is 18.5 Å². The lowest BCUT2D eigenvalue weighted by Crippen LogP contribution is -2.37. The molecule has 0 aliphatic carbocycles. The fraction of sp³-hybridized carbons (Fsp3) is 0.444. The molecule has 3 heterocycles. The largest absolute Gasteiger partial charge is 0.412 e. The first-order valence-electron chi connectivity index (χ1n) is 8.61. The van der Waals surface area contributed by atoms with Crippen molar-refractivity contribution in [1.29, 1.82) is 5.26 Å². The van der Waals surface area contributed by atoms with Crippen LogP contribution in [0.15, 0.2) is 18.5 Å². The van der Waals surface area contributed by atoms with Gasteiger partial charge in [-0.05, 0) is 31.4 Å². The van der Waals surface area contributed by atoms with Crippen LogP contribution >= 0.6 is 0 Å². The number of aryl methyl sites for hydroxylation is 1. The van der Waals surface area contributed by atoms with Crippen LogP contribution in [-0.2, 0) is 4.74 Å². The van der Waals surface area contributed by atoms with Crippen LogP contribution in [0.4, 0.5) is 23.1 Å². The van der Waals surface area contributed by atoms with Crippen LogP contribution in [0.25, 0.3) is 0 Å². The molecule has 0 atom stereocenters. The highest BCUT2D eigenvalue weighted by atomic mass is 16.5. The quantitative estimate of drug-likeness (QED) is 0.812. The van der Waals surface area contributed by atoms with E-state index in [0.717, 1.165) is 48.8 Å². The fourth-order valence-electron chi connectivity index (χ4n) is 2.99. The maximum atomic E-state index is 8.94. The highest BCUT2D eigenvalue weighted by Crippen LogP contribution is 2.28. The smallest absolute Gasteiger partial charge is 0.229 e. The summed E-state index contributed by atoms with van der Waals surface area (Å²) in [7, 11) is 3.92. The van der Waals surface area contributed by atoms with E-state index in [0.29, 0.717) is 17.7 Å². The molecular weight excluding hydrogens is 346 g/mol. The molecule has 0 amide bonds. The average molecular weight is 373 g/mol. The Morgan fingerprint density at radius 1 is 1.26 bits per heavy atom. The van der Waals surface area contributed by atoms with Crippen LogP contribution in [-0.4, -0.2) is 53.8 Å². The van der Waals surface area contributed by atoms with E-state index < -0.39 is 0 Å². The van der Waals surface area contributed by atoms with Gasteiger partial charge < -0.3 is 25.7 Å². The van der Waals surface area contributed by atoms with E-state index in [9.17, 15) is 0 Å². The van der Waals surface area contributed by atoms with Crippen LogP contribution in [0.2, 0.25) is 0 Å². The number of hydrogen-bond donors (Lipinski definition) is 2. The Hall–Kier alpha value is -2.96. The predicted octanol–water partition coefficient (Wildman–Crippen LogP) is 1.87. The normalized spacial score (nSPS) is 14.0. The van der Waals surface area contributed by atoms with Crippen LogP contribution in [0.1, 0.15) is 25.5 Å². The van der Waals surface area contributed by atoms with Crippen molar-refractivity contribution < 1.29 is 11.6 Å². The van der Waals surface area contributed by atoms with Gasteiger partial charge in [0.05, 0.1) is 23.8 Å². The van der Waals surface area contributed by atoms with Gasteiger partial charge in [0.1, 0.15) is 11.8 Å². The molecule has 0 unspecified atom stereocenters. The molecule has 3 rings (SSSR count). The SMILES string of the molecule is CNc1cnc(Nc2cnc(C#N)cc2C)nc1N(C)C1CCOCC1.O.[HH]. The van der Waals surface area contributed by atoms with Crippen LogP contribution in [0.3, 0.4) is 0 Å². The van der Waals surface area contributed by atoms with Crippen molar-refractivity contribution in [1.82, 2.24) is 15.0 Å². The van der Waals surface area contributed by atoms with Crippen molar-refractivity contribution in [2.75, 3.05) is 42.8 Å². The summed E-state index contributed by atoms with van der Waals surface area (Å²) in [6.07, 6.45) is 5.36. The highest BCUT2D eigenvalue weighted by molar-refractivity contribution is 5.68. The second-order valence-electron chi connectivity index (χ2n) is 6.26. The lowest BCUT2D eigenvalue weighted by molar-refractivity contribution is 0.0854. The first-order chi connectivity index (χ1) is 12.6. The van der Waals surface area contributed by atoms with Gasteiger partial charge in [0.2, 0.25) is 5.95 Å². The van der Waals surface area contributed by atoms with Gasteiger partial charge in [0.15, 0.2) is 5.82 Å². The van der Waals surface area contributed by atoms with E-state index >= 15 is 0 Å². The number of nitrogens with one attached hydrogen (secondary N) is 2. The Morgan fingerprint density at radius 3 is 2.59 bits per heavy atom. The summed E-state index contributed by atoms with van der Waals surface area (Å²) >= 11 is 0. The summed E-state index contributed by atoms with van der Waals surface area (Å²) in [5.74, 6) is 1.34. The first-order valence-corrected chi connectivity index (χ1v) is 8.61. The zero-order chi connectivity index (χ0) is 18.5. The first kappa shape index (κ1) is 20.4. The summed E-state index contributed by atoms with van der Waals surface area (Å²) in [6, 6.07) is 4.16. The molecule has 146 valence electrons. The molecule has 9 heteroatoms. The van der Waals surface area contributed by atoms with Crippen molar-refractivity contribution in [2.24, 2.45) is 0 Å². The maximum absolute atomic E-state index is 8.94. The third-order valence-corrected chi connectivity index (χ3v) is 4.58. The Morgan fingerprint density at radius 2 is 1.96 bits per heavy atom. The maximum Gasteiger partial charge on any atom is 0.229 e. The molecule has 4 N–H and O–H groups in total. The zero-order valence-corrected chi connectivity index (χ0v) is 15.8. The Bertz CT molecular complexity index is 822. The Labute approximate surface area is 160 Å². The number of hydrogen-bond acceptors (Lipinski definition) is 8. The second-order valence-corrected chi connectivity index (χ2v) is 6.26. The Kier molecular flexibility index (Phi) is 6.87. The number of anilines is 4. The minimum absolute atomic E-state index is 0. The minimum atomic E-state index is 0. The molecule has 0 bridgehead atoms. The molecule has 1 aliphatic heterocycles. The van der Waals surface area contributed by atoms with E-state index in [-0.39, 0.29) is 6.90 Å². The summed E-state index contributed by atoms with van der Waals surface area (Å²) in [5.41, 5.74) is 2.96. The van der Waals surface area contributed by atoms with E-state index in [2.05, 4.69) is 32.5 Å². The van der Waals surface area contributed by atoms with Gasteiger partial charge in [-0.15, -0.1) is 0 Å². The molecule has 0 radical (unpaired) electrons. The number of nitrogens with zero attached hydrogens (tertiary/aromatic N) is 5. The molecule has 1 fully saturated rings. The summed E-state index contributed by atoms with van der Waals surface area (Å²) in [4.78, 5) is 15.4. The van der Waals surface area contributed by atoms with Gasteiger partial charge in [0.25, 0.3) is 0 Å². The van der Waals surface area contributed by atoms with Crippen LogP contribution in [0, 0.1) is 18.3 Å². The summed E-state index contributed by atoms with van der Waals surface area (Å²) in [5, 5.41) is 15.3. The molecule has 0 saturated carbocycles. The third kappa shape index (κ3) is 4.61. The number of rotatable bonds is 5. The monoisotopic (exact) mass is 373 g/mol. The Balaban J connectivity index is 0.00000196. The molecule has 0 aromatic carbocycles. The number of aromatic nitrogens is 3. The minimum Gasteiger partial charge on any atom is -0.412 e. The number of nitriles is 1. The molecular formula is C18H27N7O2. The van der Waals surface area contributed by atoms with Gasteiger partial charge in [-0.25, -0.2) is 9.97 Å². The van der Waals surface area contributed by atoms with Gasteiger partial charge >= 0.3 is 0 Å². The van der Waals surface area contributed by atoms with Gasteiger partial charge in [-0.2, -0.15) is 10.2 Å². The van der Waals surface area contributed by atoms with E-state index in [1.165, 1.54) is 0 Å². The van der Waals surface area contributed by atoms with Crippen molar-refractivity contribution in [3.63, 3.8) is 0 Å². The van der Waals surface area contributed by atoms with Crippen molar-refractivity contribution in [3.05, 3.63) is 29.7 Å². The van der Waals surface area contributed by atoms with Crippen molar-refractivity contribution in [2.45, 2.75) is 25.8 Å². The standard InChI is InChI=1S/C18H23N7O.H2O.H2/c1-12-8-13(9-19)21-10-15(12)23-18-22-11-16(20-2)17(24-18)25(3)14-4-6-26-7-5-14;;/h8,10-11,14,20H,4-7H2,1-3H3,(H,22,23,24);1H2;1H. The molecule has 0 spiro atoms. The van der Waals surface area contributed by atoms with Crippen LogP contribution < -0.4 is 15.5 Å². The molecule has 1 saturated heterocycles. The highest BCUT2D eigenvalue weighted by Gasteiger charge is 2.22. The summed E-state index contributed by atoms with van der Waals surface area (Å²) in [6.45, 7) is 3.47. The fourth-order valence-corrected chi connectivity index (χ4v) is 2.99. The van der Waals surface area contributed by atoms with Gasteiger partial charge in [-0.3, -0.25) is 0 Å². The summed E-state index contributed by atoms with van der Waals surface area (Å²) < 4.78 is 5.46. The lowest BCUT2D eigenvalue weighted by atomic mass is 10.1. The number of ether oxygens (including phenoxy) is 1. The van der Waals surface area contributed by atoms with Gasteiger partial charge in [-0.1, -0.05) is 0 Å². The lowest BCUT2D eigenvalue weighted by Gasteiger charge is -2.33. The predicted molar refractivity (Wildman–Crippen MR) is 107 cm³/mol. The number of pyridine rings is 1. The zero-order valence-electron chi connectivity index (χ0n) is 15.8. The molecule has 9 nitrogen and oxygen atoms in total. The molecule has 27 heavy (non-hydrogen) atoms. The third-order valence-electron chi connectivity index (χ3n) is 4.58. The molecule has 2 aromatic heterocycles. The van der Waals surface area contributed by atoms with E-state index in [4.69, 9.17) is 15.0 Å². The second kappa shape index (κ2) is 9.12. The molecule has 2 aromatic rings. The van der Waals surface area contributed by atoms with Crippen molar-refractivity contribution >= 4 is 23.1 Å². The average Bonchev–Trinajstić information content (AvgIpc) is 2.69. The van der Waals surface area contributed by atoms with E-state index in [1.807, 2.05) is 20.0 Å². The topological polar surface area (TPSA) is 130 Å².